The van der Waals surface area contributed by atoms with Gasteiger partial charge in [-0.1, -0.05) is 38.4 Å². The van der Waals surface area contributed by atoms with Gasteiger partial charge in [0, 0.05) is 19.0 Å². The Labute approximate surface area is 146 Å². The first kappa shape index (κ1) is 18.3. The average Bonchev–Trinajstić information content (AvgIpc) is 3.00. The number of nitrogens with zero attached hydrogens (tertiary/aromatic N) is 2. The van der Waals surface area contributed by atoms with Crippen LogP contribution in [0, 0.1) is 5.82 Å². The van der Waals surface area contributed by atoms with Crippen LogP contribution in [0.5, 0.6) is 0 Å². The molecule has 0 spiro atoms. The summed E-state index contributed by atoms with van der Waals surface area (Å²) in [4.78, 5) is 8.39. The lowest BCUT2D eigenvalue weighted by atomic mass is 9.94. The van der Waals surface area contributed by atoms with Crippen LogP contribution in [0.4, 0.5) is 4.39 Å². The number of aromatic nitrogens is 1. The molecule has 130 valence electrons. The first-order chi connectivity index (χ1) is 11.3. The highest BCUT2D eigenvalue weighted by molar-refractivity contribution is 6.30. The van der Waals surface area contributed by atoms with Crippen LogP contribution in [-0.2, 0) is 18.5 Å². The van der Waals surface area contributed by atoms with Gasteiger partial charge in [-0.2, -0.15) is 0 Å². The Morgan fingerprint density at radius 2 is 2.00 bits per heavy atom. The maximum atomic E-state index is 13.2. The van der Waals surface area contributed by atoms with E-state index in [-0.39, 0.29) is 10.4 Å². The van der Waals surface area contributed by atoms with Gasteiger partial charge in [-0.15, -0.1) is 0 Å². The van der Waals surface area contributed by atoms with Crippen LogP contribution in [0.1, 0.15) is 38.0 Å². The zero-order chi connectivity index (χ0) is 17.7. The van der Waals surface area contributed by atoms with Gasteiger partial charge >= 0.3 is 0 Å². The van der Waals surface area contributed by atoms with Gasteiger partial charge in [0.05, 0.1) is 17.8 Å². The van der Waals surface area contributed by atoms with Crippen LogP contribution in [0.3, 0.4) is 0 Å². The Balaban J connectivity index is 1.88. The number of hydrogen-bond acceptors (Lipinski definition) is 3. The van der Waals surface area contributed by atoms with Crippen LogP contribution in [0.25, 0.3) is 0 Å². The number of guanidine groups is 1. The zero-order valence-electron chi connectivity index (χ0n) is 14.3. The monoisotopic (exact) mass is 352 g/mol. The zero-order valence-corrected chi connectivity index (χ0v) is 15.0. The molecule has 7 heteroatoms. The first-order valence-corrected chi connectivity index (χ1v) is 8.01. The van der Waals surface area contributed by atoms with Gasteiger partial charge < -0.3 is 15.1 Å². The molecule has 5 nitrogen and oxygen atoms in total. The van der Waals surface area contributed by atoms with Gasteiger partial charge in [-0.25, -0.2) is 9.37 Å². The summed E-state index contributed by atoms with van der Waals surface area (Å²) < 4.78 is 18.9. The van der Waals surface area contributed by atoms with Crippen molar-refractivity contribution in [1.82, 2.24) is 15.6 Å². The van der Waals surface area contributed by atoms with Gasteiger partial charge in [0.25, 0.3) is 0 Å². The summed E-state index contributed by atoms with van der Waals surface area (Å²) in [6.07, 6.45) is 1.74. The molecule has 2 aromatic rings. The summed E-state index contributed by atoms with van der Waals surface area (Å²) in [5.74, 6) is 1.59. The Morgan fingerprint density at radius 1 is 1.29 bits per heavy atom. The summed E-state index contributed by atoms with van der Waals surface area (Å²) in [6.45, 7) is 7.09. The number of oxazole rings is 1. The molecule has 0 aliphatic carbocycles. The smallest absolute Gasteiger partial charge is 0.213 e. The van der Waals surface area contributed by atoms with Gasteiger partial charge in [-0.3, -0.25) is 4.99 Å². The summed E-state index contributed by atoms with van der Waals surface area (Å²) in [6, 6.07) is 4.60. The Hall–Kier alpha value is -2.08. The molecule has 1 aromatic carbocycles. The van der Waals surface area contributed by atoms with E-state index in [9.17, 15) is 4.39 Å². The van der Waals surface area contributed by atoms with Crippen molar-refractivity contribution in [2.45, 2.75) is 39.3 Å². The second kappa shape index (κ2) is 7.66. The van der Waals surface area contributed by atoms with E-state index in [0.717, 1.165) is 11.3 Å². The molecule has 1 aromatic heterocycles. The molecule has 0 atom stereocenters. The minimum atomic E-state index is -0.429. The fourth-order valence-corrected chi connectivity index (χ4v) is 2.16. The highest BCUT2D eigenvalue weighted by atomic mass is 35.5. The van der Waals surface area contributed by atoms with E-state index in [1.165, 1.54) is 6.07 Å². The number of aliphatic imine (C=N–C) groups is 1. The second-order valence-corrected chi connectivity index (χ2v) is 6.80. The van der Waals surface area contributed by atoms with Gasteiger partial charge in [0.1, 0.15) is 11.6 Å². The maximum Gasteiger partial charge on any atom is 0.213 e. The fraction of sp³-hybridized carbons (Fsp3) is 0.412. The van der Waals surface area contributed by atoms with Crippen molar-refractivity contribution in [3.05, 3.63) is 52.5 Å². The molecule has 0 aliphatic rings. The lowest BCUT2D eigenvalue weighted by Gasteiger charge is -2.13. The average molecular weight is 353 g/mol. The summed E-state index contributed by atoms with van der Waals surface area (Å²) in [7, 11) is 1.67. The Bertz CT molecular complexity index is 722. The molecule has 0 aliphatic heterocycles. The molecule has 24 heavy (non-hydrogen) atoms. The molecule has 0 amide bonds. The van der Waals surface area contributed by atoms with Crippen molar-refractivity contribution in [3.63, 3.8) is 0 Å². The van der Waals surface area contributed by atoms with Crippen LogP contribution >= 0.6 is 11.6 Å². The highest BCUT2D eigenvalue weighted by Gasteiger charge is 2.19. The minimum absolute atomic E-state index is 0.0764. The van der Waals surface area contributed by atoms with E-state index >= 15 is 0 Å². The van der Waals surface area contributed by atoms with Crippen LogP contribution in [0.2, 0.25) is 5.02 Å². The van der Waals surface area contributed by atoms with Crippen molar-refractivity contribution in [2.24, 2.45) is 4.99 Å². The van der Waals surface area contributed by atoms with Crippen molar-refractivity contribution < 1.29 is 8.81 Å². The van der Waals surface area contributed by atoms with Crippen LogP contribution < -0.4 is 10.6 Å². The van der Waals surface area contributed by atoms with Crippen molar-refractivity contribution in [1.29, 1.82) is 0 Å². The molecule has 0 bridgehead atoms. The third-order valence-corrected chi connectivity index (χ3v) is 3.66. The van der Waals surface area contributed by atoms with Crippen molar-refractivity contribution in [3.8, 4) is 0 Å². The van der Waals surface area contributed by atoms with Crippen LogP contribution in [-0.4, -0.2) is 18.0 Å². The highest BCUT2D eigenvalue weighted by Crippen LogP contribution is 2.22. The Kier molecular flexibility index (Phi) is 5.83. The summed E-state index contributed by atoms with van der Waals surface area (Å²) >= 11 is 5.77. The SMILES string of the molecule is CN=C(NCc1ccc(F)c(Cl)c1)NCc1ncc(C(C)(C)C)o1. The summed E-state index contributed by atoms with van der Waals surface area (Å²) in [5.41, 5.74) is 0.781. The maximum absolute atomic E-state index is 13.2. The topological polar surface area (TPSA) is 62.5 Å². The third kappa shape index (κ3) is 4.96. The lowest BCUT2D eigenvalue weighted by Crippen LogP contribution is -2.36. The predicted molar refractivity (Wildman–Crippen MR) is 93.7 cm³/mol. The molecule has 0 unspecified atom stereocenters. The number of rotatable bonds is 4. The standard InChI is InChI=1S/C17H22ClFN4O/c1-17(2,3)14-9-21-15(24-14)10-23-16(20-4)22-8-11-5-6-13(19)12(18)7-11/h5-7,9H,8,10H2,1-4H3,(H2,20,22,23). The molecular formula is C17H22ClFN4O. The molecule has 0 saturated carbocycles. The number of benzene rings is 1. The van der Waals surface area contributed by atoms with Crippen molar-refractivity contribution in [2.75, 3.05) is 7.05 Å². The van der Waals surface area contributed by atoms with E-state index in [1.807, 2.05) is 0 Å². The molecule has 0 saturated heterocycles. The van der Waals surface area contributed by atoms with E-state index < -0.39 is 5.82 Å². The third-order valence-electron chi connectivity index (χ3n) is 3.37. The molecule has 2 N–H and O–H groups in total. The quantitative estimate of drug-likeness (QED) is 0.651. The molecular weight excluding hydrogens is 331 g/mol. The molecule has 0 fully saturated rings. The first-order valence-electron chi connectivity index (χ1n) is 7.63. The minimum Gasteiger partial charge on any atom is -0.443 e. The second-order valence-electron chi connectivity index (χ2n) is 6.40. The summed E-state index contributed by atoms with van der Waals surface area (Å²) in [5, 5.41) is 6.35. The van der Waals surface area contributed by atoms with Gasteiger partial charge in [0.2, 0.25) is 5.89 Å². The van der Waals surface area contributed by atoms with E-state index in [2.05, 4.69) is 41.4 Å². The number of halogens is 2. The van der Waals surface area contributed by atoms with Crippen LogP contribution in [0.15, 0.2) is 33.8 Å². The largest absolute Gasteiger partial charge is 0.443 e. The van der Waals surface area contributed by atoms with E-state index in [1.54, 1.807) is 25.4 Å². The Morgan fingerprint density at radius 3 is 2.58 bits per heavy atom. The molecule has 0 radical (unpaired) electrons. The number of hydrogen-bond donors (Lipinski definition) is 2. The molecule has 1 heterocycles. The lowest BCUT2D eigenvalue weighted by molar-refractivity contribution is 0.379. The van der Waals surface area contributed by atoms with Gasteiger partial charge in [-0.05, 0) is 17.7 Å². The normalized spacial score (nSPS) is 12.3. The molecule has 2 rings (SSSR count). The predicted octanol–water partition coefficient (Wildman–Crippen LogP) is 3.63. The van der Waals surface area contributed by atoms with Gasteiger partial charge in [0.15, 0.2) is 5.96 Å². The fourth-order valence-electron chi connectivity index (χ4n) is 1.95. The van der Waals surface area contributed by atoms with E-state index in [0.29, 0.717) is 24.9 Å². The van der Waals surface area contributed by atoms with Crippen molar-refractivity contribution >= 4 is 17.6 Å². The van der Waals surface area contributed by atoms with E-state index in [4.69, 9.17) is 16.0 Å². The number of nitrogens with one attached hydrogen (secondary N) is 2.